The van der Waals surface area contributed by atoms with Crippen LogP contribution in [0, 0.1) is 13.8 Å². The molecule has 0 spiro atoms. The Kier molecular flexibility index (Phi) is 4.49. The van der Waals surface area contributed by atoms with Crippen LogP contribution in [-0.2, 0) is 14.8 Å². The molecule has 1 aliphatic heterocycles. The quantitative estimate of drug-likeness (QED) is 0.905. The van der Waals surface area contributed by atoms with Gasteiger partial charge in [0.2, 0.25) is 10.0 Å². The Hall–Kier alpha value is -0.950. The SMILES string of the molecule is Cc1ccc(C)c(S(=O)(=O)N2CCOC(C(C)N)C2)c1. The zero-order chi connectivity index (χ0) is 14.9. The second kappa shape index (κ2) is 5.81. The number of benzene rings is 1. The van der Waals surface area contributed by atoms with Crippen molar-refractivity contribution >= 4 is 10.0 Å². The molecule has 0 saturated carbocycles. The molecule has 112 valence electrons. The van der Waals surface area contributed by atoms with E-state index in [-0.39, 0.29) is 12.1 Å². The number of aryl methyl sites for hydroxylation is 2. The van der Waals surface area contributed by atoms with Gasteiger partial charge in [0.15, 0.2) is 0 Å². The Labute approximate surface area is 120 Å². The summed E-state index contributed by atoms with van der Waals surface area (Å²) in [6, 6.07) is 5.29. The van der Waals surface area contributed by atoms with Crippen molar-refractivity contribution in [2.75, 3.05) is 19.7 Å². The highest BCUT2D eigenvalue weighted by atomic mass is 32.2. The van der Waals surface area contributed by atoms with E-state index in [2.05, 4.69) is 0 Å². The first-order valence-electron chi connectivity index (χ1n) is 6.77. The Morgan fingerprint density at radius 1 is 1.40 bits per heavy atom. The lowest BCUT2D eigenvalue weighted by Gasteiger charge is -2.34. The Balaban J connectivity index is 2.32. The fourth-order valence-electron chi connectivity index (χ4n) is 2.31. The molecule has 0 bridgehead atoms. The predicted octanol–water partition coefficient (Wildman–Crippen LogP) is 1.04. The minimum atomic E-state index is -3.48. The third-order valence-electron chi connectivity index (χ3n) is 3.60. The van der Waals surface area contributed by atoms with Gasteiger partial charge in [-0.1, -0.05) is 12.1 Å². The zero-order valence-electron chi connectivity index (χ0n) is 12.2. The molecule has 2 unspecified atom stereocenters. The van der Waals surface area contributed by atoms with Crippen LogP contribution >= 0.6 is 0 Å². The van der Waals surface area contributed by atoms with Gasteiger partial charge < -0.3 is 10.5 Å². The van der Waals surface area contributed by atoms with Crippen LogP contribution in [0.2, 0.25) is 0 Å². The molecule has 1 fully saturated rings. The van der Waals surface area contributed by atoms with Crippen molar-refractivity contribution in [3.8, 4) is 0 Å². The summed E-state index contributed by atoms with van der Waals surface area (Å²) in [7, 11) is -3.48. The first kappa shape index (κ1) is 15.4. The van der Waals surface area contributed by atoms with E-state index in [0.717, 1.165) is 11.1 Å². The summed E-state index contributed by atoms with van der Waals surface area (Å²) in [5, 5.41) is 0. The summed E-state index contributed by atoms with van der Waals surface area (Å²) in [5.41, 5.74) is 7.52. The van der Waals surface area contributed by atoms with Crippen LogP contribution in [0.1, 0.15) is 18.1 Å². The Morgan fingerprint density at radius 2 is 2.10 bits per heavy atom. The molecule has 1 aromatic carbocycles. The van der Waals surface area contributed by atoms with Crippen LogP contribution in [0.15, 0.2) is 23.1 Å². The fraction of sp³-hybridized carbons (Fsp3) is 0.571. The molecule has 1 saturated heterocycles. The van der Waals surface area contributed by atoms with E-state index < -0.39 is 10.0 Å². The average Bonchev–Trinajstić information content (AvgIpc) is 2.41. The standard InChI is InChI=1S/C14H22N2O3S/c1-10-4-5-11(2)14(8-10)20(17,18)16-6-7-19-13(9-16)12(3)15/h4-5,8,12-13H,6-7,9,15H2,1-3H3. The van der Waals surface area contributed by atoms with Gasteiger partial charge >= 0.3 is 0 Å². The maximum absolute atomic E-state index is 12.8. The van der Waals surface area contributed by atoms with Crippen molar-refractivity contribution in [2.24, 2.45) is 5.73 Å². The summed E-state index contributed by atoms with van der Waals surface area (Å²) in [6.07, 6.45) is -0.247. The largest absolute Gasteiger partial charge is 0.374 e. The highest BCUT2D eigenvalue weighted by molar-refractivity contribution is 7.89. The van der Waals surface area contributed by atoms with Crippen LogP contribution in [0.25, 0.3) is 0 Å². The molecule has 0 aromatic heterocycles. The van der Waals surface area contributed by atoms with Gasteiger partial charge in [0.25, 0.3) is 0 Å². The van der Waals surface area contributed by atoms with E-state index in [9.17, 15) is 8.42 Å². The molecule has 1 heterocycles. The molecule has 1 aromatic rings. The highest BCUT2D eigenvalue weighted by Crippen LogP contribution is 2.23. The molecule has 2 N–H and O–H groups in total. The maximum atomic E-state index is 12.8. The van der Waals surface area contributed by atoms with Crippen molar-refractivity contribution in [3.05, 3.63) is 29.3 Å². The van der Waals surface area contributed by atoms with Gasteiger partial charge in [0.1, 0.15) is 0 Å². The lowest BCUT2D eigenvalue weighted by atomic mass is 10.2. The molecule has 0 radical (unpaired) electrons. The molecule has 5 nitrogen and oxygen atoms in total. The van der Waals surface area contributed by atoms with Gasteiger partial charge in [-0.25, -0.2) is 8.42 Å². The second-order valence-corrected chi connectivity index (χ2v) is 7.31. The lowest BCUT2D eigenvalue weighted by molar-refractivity contribution is -0.0120. The monoisotopic (exact) mass is 298 g/mol. The van der Waals surface area contributed by atoms with Crippen molar-refractivity contribution in [3.63, 3.8) is 0 Å². The van der Waals surface area contributed by atoms with Crippen molar-refractivity contribution in [1.82, 2.24) is 4.31 Å². The normalized spacial score (nSPS) is 22.7. The van der Waals surface area contributed by atoms with Crippen molar-refractivity contribution < 1.29 is 13.2 Å². The van der Waals surface area contributed by atoms with E-state index in [1.165, 1.54) is 4.31 Å². The summed E-state index contributed by atoms with van der Waals surface area (Å²) in [4.78, 5) is 0.378. The first-order valence-corrected chi connectivity index (χ1v) is 8.21. The summed E-state index contributed by atoms with van der Waals surface area (Å²) < 4.78 is 32.5. The minimum absolute atomic E-state index is 0.188. The van der Waals surface area contributed by atoms with Crippen LogP contribution in [0.4, 0.5) is 0 Å². The van der Waals surface area contributed by atoms with Crippen LogP contribution in [-0.4, -0.2) is 44.6 Å². The fourth-order valence-corrected chi connectivity index (χ4v) is 4.06. The number of hydrogen-bond donors (Lipinski definition) is 1. The summed E-state index contributed by atoms with van der Waals surface area (Å²) in [5.74, 6) is 0. The van der Waals surface area contributed by atoms with E-state index in [1.807, 2.05) is 32.9 Å². The van der Waals surface area contributed by atoms with E-state index >= 15 is 0 Å². The van der Waals surface area contributed by atoms with Gasteiger partial charge in [-0.3, -0.25) is 0 Å². The average molecular weight is 298 g/mol. The van der Waals surface area contributed by atoms with Gasteiger partial charge in [0, 0.05) is 19.1 Å². The number of nitrogens with zero attached hydrogens (tertiary/aromatic N) is 1. The van der Waals surface area contributed by atoms with Crippen LogP contribution in [0.3, 0.4) is 0 Å². The predicted molar refractivity (Wildman–Crippen MR) is 78.1 cm³/mol. The minimum Gasteiger partial charge on any atom is -0.374 e. The Morgan fingerprint density at radius 3 is 2.75 bits per heavy atom. The smallest absolute Gasteiger partial charge is 0.243 e. The van der Waals surface area contributed by atoms with Crippen molar-refractivity contribution in [1.29, 1.82) is 0 Å². The van der Waals surface area contributed by atoms with Crippen LogP contribution in [0.5, 0.6) is 0 Å². The van der Waals surface area contributed by atoms with E-state index in [4.69, 9.17) is 10.5 Å². The topological polar surface area (TPSA) is 72.6 Å². The second-order valence-electron chi connectivity index (χ2n) is 5.40. The Bertz CT molecular complexity index is 584. The third kappa shape index (κ3) is 3.03. The number of ether oxygens (including phenoxy) is 1. The summed E-state index contributed by atoms with van der Waals surface area (Å²) >= 11 is 0. The van der Waals surface area contributed by atoms with Crippen molar-refractivity contribution in [2.45, 2.75) is 37.8 Å². The van der Waals surface area contributed by atoms with E-state index in [0.29, 0.717) is 24.6 Å². The number of rotatable bonds is 3. The number of sulfonamides is 1. The lowest BCUT2D eigenvalue weighted by Crippen LogP contribution is -2.51. The maximum Gasteiger partial charge on any atom is 0.243 e. The van der Waals surface area contributed by atoms with Gasteiger partial charge in [-0.15, -0.1) is 0 Å². The molecule has 0 amide bonds. The number of hydrogen-bond acceptors (Lipinski definition) is 4. The number of nitrogens with two attached hydrogens (primary N) is 1. The molecule has 1 aliphatic rings. The molecular formula is C14H22N2O3S. The number of morpholine rings is 1. The van der Waals surface area contributed by atoms with E-state index in [1.54, 1.807) is 6.07 Å². The molecule has 2 rings (SSSR count). The summed E-state index contributed by atoms with van der Waals surface area (Å²) in [6.45, 7) is 6.61. The van der Waals surface area contributed by atoms with Gasteiger partial charge in [0.05, 0.1) is 17.6 Å². The molecule has 2 atom stereocenters. The molecular weight excluding hydrogens is 276 g/mol. The van der Waals surface area contributed by atoms with Crippen LogP contribution < -0.4 is 5.73 Å². The molecule has 6 heteroatoms. The van der Waals surface area contributed by atoms with Gasteiger partial charge in [-0.2, -0.15) is 4.31 Å². The zero-order valence-corrected chi connectivity index (χ0v) is 13.0. The highest BCUT2D eigenvalue weighted by Gasteiger charge is 2.32. The molecule has 20 heavy (non-hydrogen) atoms. The first-order chi connectivity index (χ1) is 9.32. The van der Waals surface area contributed by atoms with Gasteiger partial charge in [-0.05, 0) is 38.0 Å². The molecule has 0 aliphatic carbocycles. The third-order valence-corrected chi connectivity index (χ3v) is 5.61.